The van der Waals surface area contributed by atoms with Crippen LogP contribution >= 0.6 is 11.8 Å². The Hall–Kier alpha value is -2.91. The van der Waals surface area contributed by atoms with Gasteiger partial charge in [0.1, 0.15) is 5.75 Å². The molecule has 0 aliphatic heterocycles. The molecule has 0 bridgehead atoms. The highest BCUT2D eigenvalue weighted by atomic mass is 32.2. The highest BCUT2D eigenvalue weighted by molar-refractivity contribution is 7.99. The van der Waals surface area contributed by atoms with Gasteiger partial charge in [0.2, 0.25) is 5.16 Å². The number of carbonyl (C=O) groups is 1. The van der Waals surface area contributed by atoms with E-state index in [2.05, 4.69) is 26.2 Å². The average molecular weight is 441 g/mol. The second kappa shape index (κ2) is 10.9. The molecule has 0 unspecified atom stereocenters. The second-order valence-electron chi connectivity index (χ2n) is 7.93. The molecule has 31 heavy (non-hydrogen) atoms. The maximum absolute atomic E-state index is 12.0. The molecule has 1 amide bonds. The highest BCUT2D eigenvalue weighted by Gasteiger charge is 2.14. The van der Waals surface area contributed by atoms with E-state index in [1.54, 1.807) is 16.4 Å². The molecule has 3 aromatic rings. The number of para-hydroxylation sites is 2. The lowest BCUT2D eigenvalue weighted by Crippen LogP contribution is -2.43. The van der Waals surface area contributed by atoms with Gasteiger partial charge in [-0.25, -0.2) is 0 Å². The minimum absolute atomic E-state index is 0.00766. The zero-order chi connectivity index (χ0) is 22.1. The zero-order valence-corrected chi connectivity index (χ0v) is 18.9. The minimum Gasteiger partial charge on any atom is -0.483 e. The monoisotopic (exact) mass is 440 g/mol. The first kappa shape index (κ1) is 22.8. The molecule has 2 N–H and O–H groups in total. The van der Waals surface area contributed by atoms with Crippen molar-refractivity contribution >= 4 is 17.7 Å². The second-order valence-corrected chi connectivity index (χ2v) is 8.99. The van der Waals surface area contributed by atoms with Crippen molar-refractivity contribution in [2.24, 2.45) is 0 Å². The number of nitrogens with zero attached hydrogens (tertiary/aromatic N) is 4. The summed E-state index contributed by atoms with van der Waals surface area (Å²) in [6, 6.07) is 17.6. The van der Waals surface area contributed by atoms with E-state index in [9.17, 15) is 4.79 Å². The zero-order valence-electron chi connectivity index (χ0n) is 18.0. The van der Waals surface area contributed by atoms with Gasteiger partial charge in [-0.15, -0.1) is 5.10 Å². The van der Waals surface area contributed by atoms with Gasteiger partial charge in [-0.05, 0) is 49.4 Å². The molecule has 0 aliphatic carbocycles. The van der Waals surface area contributed by atoms with Gasteiger partial charge in [0.05, 0.1) is 5.69 Å². The number of hydrogen-bond acceptors (Lipinski definition) is 7. The molecule has 0 aliphatic rings. The number of thioether (sulfide) groups is 1. The Labute approximate surface area is 186 Å². The summed E-state index contributed by atoms with van der Waals surface area (Å²) in [6.07, 6.45) is 0. The summed E-state index contributed by atoms with van der Waals surface area (Å²) < 4.78 is 7.47. The first-order valence-electron chi connectivity index (χ1n) is 10.1. The summed E-state index contributed by atoms with van der Waals surface area (Å²) in [7, 11) is 0. The van der Waals surface area contributed by atoms with Gasteiger partial charge in [0.15, 0.2) is 6.61 Å². The van der Waals surface area contributed by atoms with Crippen LogP contribution in [0.1, 0.15) is 26.3 Å². The predicted octanol–water partition coefficient (Wildman–Crippen LogP) is 2.84. The molecule has 1 heterocycles. The third kappa shape index (κ3) is 7.37. The molecular weight excluding hydrogens is 412 g/mol. The van der Waals surface area contributed by atoms with Crippen molar-refractivity contribution in [1.29, 1.82) is 0 Å². The molecule has 3 rings (SSSR count). The van der Waals surface area contributed by atoms with E-state index in [1.807, 2.05) is 75.4 Å². The van der Waals surface area contributed by atoms with Crippen molar-refractivity contribution < 1.29 is 9.53 Å². The van der Waals surface area contributed by atoms with E-state index < -0.39 is 0 Å². The Morgan fingerprint density at radius 2 is 1.84 bits per heavy atom. The third-order valence-electron chi connectivity index (χ3n) is 4.11. The van der Waals surface area contributed by atoms with Gasteiger partial charge in [-0.2, -0.15) is 4.68 Å². The van der Waals surface area contributed by atoms with Crippen molar-refractivity contribution in [2.45, 2.75) is 38.0 Å². The number of benzene rings is 2. The number of amides is 1. The lowest BCUT2D eigenvalue weighted by molar-refractivity contribution is -0.124. The standard InChI is InChI=1S/C22H28N6O2S/c1-22(2,3)24-20(29)16-30-19-12-8-7-9-17(19)15-23-13-14-31-21-25-26-27-28(21)18-10-5-4-6-11-18/h4-12,23H,13-16H2,1-3H3,(H,24,29). The van der Waals surface area contributed by atoms with Crippen molar-refractivity contribution in [3.05, 3.63) is 60.2 Å². The fraction of sp³-hybridized carbons (Fsp3) is 0.364. The van der Waals surface area contributed by atoms with Crippen LogP contribution in [0.5, 0.6) is 5.75 Å². The number of rotatable bonds is 10. The van der Waals surface area contributed by atoms with E-state index in [0.29, 0.717) is 12.3 Å². The molecule has 0 atom stereocenters. The molecule has 2 aromatic carbocycles. The minimum atomic E-state index is -0.278. The molecule has 1 aromatic heterocycles. The first-order chi connectivity index (χ1) is 14.9. The molecule has 9 heteroatoms. The maximum Gasteiger partial charge on any atom is 0.258 e. The smallest absolute Gasteiger partial charge is 0.258 e. The summed E-state index contributed by atoms with van der Waals surface area (Å²) in [5.41, 5.74) is 1.66. The van der Waals surface area contributed by atoms with Gasteiger partial charge >= 0.3 is 0 Å². The number of aromatic nitrogens is 4. The maximum atomic E-state index is 12.0. The molecule has 0 saturated heterocycles. The molecule has 8 nitrogen and oxygen atoms in total. The lowest BCUT2D eigenvalue weighted by atomic mass is 10.1. The van der Waals surface area contributed by atoms with Crippen LogP contribution in [-0.2, 0) is 11.3 Å². The summed E-state index contributed by atoms with van der Waals surface area (Å²) >= 11 is 1.59. The van der Waals surface area contributed by atoms with E-state index in [-0.39, 0.29) is 18.1 Å². The topological polar surface area (TPSA) is 94.0 Å². The van der Waals surface area contributed by atoms with Crippen molar-refractivity contribution in [3.63, 3.8) is 0 Å². The van der Waals surface area contributed by atoms with E-state index in [1.165, 1.54) is 0 Å². The Kier molecular flexibility index (Phi) is 8.02. The molecule has 164 valence electrons. The van der Waals surface area contributed by atoms with Gasteiger partial charge in [-0.3, -0.25) is 4.79 Å². The van der Waals surface area contributed by atoms with Crippen molar-refractivity contribution in [1.82, 2.24) is 30.8 Å². The summed E-state index contributed by atoms with van der Waals surface area (Å²) in [5.74, 6) is 1.38. The number of carbonyl (C=O) groups excluding carboxylic acids is 1. The molecule has 0 spiro atoms. The SMILES string of the molecule is CC(C)(C)NC(=O)COc1ccccc1CNCCSc1nnnn1-c1ccccc1. The summed E-state index contributed by atoms with van der Waals surface area (Å²) in [5, 5.41) is 19.0. The predicted molar refractivity (Wildman–Crippen MR) is 121 cm³/mol. The molecular formula is C22H28N6O2S. The Morgan fingerprint density at radius 3 is 2.61 bits per heavy atom. The van der Waals surface area contributed by atoms with Crippen LogP contribution in [0.25, 0.3) is 5.69 Å². The fourth-order valence-corrected chi connectivity index (χ4v) is 3.61. The normalized spacial score (nSPS) is 11.3. The van der Waals surface area contributed by atoms with Crippen LogP contribution in [0.15, 0.2) is 59.8 Å². The first-order valence-corrected chi connectivity index (χ1v) is 11.1. The van der Waals surface area contributed by atoms with Gasteiger partial charge in [0, 0.05) is 29.9 Å². The largest absolute Gasteiger partial charge is 0.483 e. The Balaban J connectivity index is 1.45. The van der Waals surface area contributed by atoms with Crippen LogP contribution in [0, 0.1) is 0 Å². The third-order valence-corrected chi connectivity index (χ3v) is 5.03. The van der Waals surface area contributed by atoms with E-state index in [4.69, 9.17) is 4.74 Å². The Morgan fingerprint density at radius 1 is 1.10 bits per heavy atom. The average Bonchev–Trinajstić information content (AvgIpc) is 3.21. The van der Waals surface area contributed by atoms with Gasteiger partial charge in [0.25, 0.3) is 5.91 Å². The molecule has 0 fully saturated rings. The van der Waals surface area contributed by atoms with Gasteiger partial charge in [-0.1, -0.05) is 48.2 Å². The molecule has 0 saturated carbocycles. The van der Waals surface area contributed by atoms with E-state index in [0.717, 1.165) is 28.7 Å². The van der Waals surface area contributed by atoms with E-state index >= 15 is 0 Å². The fourth-order valence-electron chi connectivity index (χ4n) is 2.83. The molecule has 0 radical (unpaired) electrons. The van der Waals surface area contributed by atoms with Crippen molar-refractivity contribution in [3.8, 4) is 11.4 Å². The summed E-state index contributed by atoms with van der Waals surface area (Å²) in [4.78, 5) is 12.0. The van der Waals surface area contributed by atoms with Crippen LogP contribution in [0.3, 0.4) is 0 Å². The number of hydrogen-bond donors (Lipinski definition) is 2. The Bertz CT molecular complexity index is 971. The lowest BCUT2D eigenvalue weighted by Gasteiger charge is -2.20. The quantitative estimate of drug-likeness (QED) is 0.370. The number of nitrogens with one attached hydrogen (secondary N) is 2. The number of ether oxygens (including phenoxy) is 1. The summed E-state index contributed by atoms with van der Waals surface area (Å²) in [6.45, 7) is 7.23. The highest BCUT2D eigenvalue weighted by Crippen LogP contribution is 2.19. The van der Waals surface area contributed by atoms with Crippen LogP contribution in [0.2, 0.25) is 0 Å². The van der Waals surface area contributed by atoms with Crippen LogP contribution < -0.4 is 15.4 Å². The van der Waals surface area contributed by atoms with Crippen molar-refractivity contribution in [2.75, 3.05) is 18.9 Å². The van der Waals surface area contributed by atoms with Crippen LogP contribution in [-0.4, -0.2) is 50.6 Å². The van der Waals surface area contributed by atoms with Gasteiger partial charge < -0.3 is 15.4 Å². The number of tetrazole rings is 1. The van der Waals surface area contributed by atoms with Crippen LogP contribution in [0.4, 0.5) is 0 Å².